The monoisotopic (exact) mass is 235 g/mol. The van der Waals surface area contributed by atoms with Gasteiger partial charge in [0.05, 0.1) is 7.11 Å². The standard InChI is InChI=1S/C10H9N3O2S/c1-15-9(14)7-3-2-4-8(12-7)13-10-11-5-6-16-10/h2-6H,1H3,(H,11,12,13). The van der Waals surface area contributed by atoms with Gasteiger partial charge in [-0.1, -0.05) is 6.07 Å². The number of aromatic nitrogens is 2. The van der Waals surface area contributed by atoms with Crippen molar-refractivity contribution in [1.82, 2.24) is 9.97 Å². The minimum Gasteiger partial charge on any atom is -0.464 e. The van der Waals surface area contributed by atoms with Crippen molar-refractivity contribution in [2.24, 2.45) is 0 Å². The number of carbonyl (C=O) groups excluding carboxylic acids is 1. The smallest absolute Gasteiger partial charge is 0.356 e. The normalized spacial score (nSPS) is 9.81. The van der Waals surface area contributed by atoms with Crippen LogP contribution in [0, 0.1) is 0 Å². The maximum absolute atomic E-state index is 11.2. The summed E-state index contributed by atoms with van der Waals surface area (Å²) in [5.41, 5.74) is 0.268. The summed E-state index contributed by atoms with van der Waals surface area (Å²) < 4.78 is 4.58. The topological polar surface area (TPSA) is 64.1 Å². The predicted molar refractivity (Wildman–Crippen MR) is 61.0 cm³/mol. The zero-order valence-electron chi connectivity index (χ0n) is 8.51. The number of esters is 1. The van der Waals surface area contributed by atoms with Gasteiger partial charge in [-0.05, 0) is 12.1 Å². The molecule has 0 saturated carbocycles. The fourth-order valence-electron chi connectivity index (χ4n) is 1.12. The van der Waals surface area contributed by atoms with Gasteiger partial charge >= 0.3 is 5.97 Å². The Morgan fingerprint density at radius 1 is 1.50 bits per heavy atom. The van der Waals surface area contributed by atoms with Gasteiger partial charge in [0.2, 0.25) is 0 Å². The number of ether oxygens (including phenoxy) is 1. The number of methoxy groups -OCH3 is 1. The molecular formula is C10H9N3O2S. The molecule has 16 heavy (non-hydrogen) atoms. The summed E-state index contributed by atoms with van der Waals surface area (Å²) in [5, 5.41) is 5.58. The Kier molecular flexibility index (Phi) is 3.11. The molecule has 0 saturated heterocycles. The van der Waals surface area contributed by atoms with E-state index in [9.17, 15) is 4.79 Å². The molecule has 0 bridgehead atoms. The number of rotatable bonds is 3. The number of hydrogen-bond acceptors (Lipinski definition) is 6. The number of nitrogens with one attached hydrogen (secondary N) is 1. The van der Waals surface area contributed by atoms with Gasteiger partial charge < -0.3 is 10.1 Å². The Hall–Kier alpha value is -1.95. The SMILES string of the molecule is COC(=O)c1cccc(Nc2nccs2)n1. The van der Waals surface area contributed by atoms with E-state index in [1.54, 1.807) is 24.4 Å². The fraction of sp³-hybridized carbons (Fsp3) is 0.100. The molecule has 1 N–H and O–H groups in total. The Bertz CT molecular complexity index is 485. The Morgan fingerprint density at radius 3 is 3.06 bits per heavy atom. The van der Waals surface area contributed by atoms with E-state index in [-0.39, 0.29) is 5.69 Å². The summed E-state index contributed by atoms with van der Waals surface area (Å²) >= 11 is 1.46. The van der Waals surface area contributed by atoms with Gasteiger partial charge in [0, 0.05) is 11.6 Å². The minimum atomic E-state index is -0.456. The predicted octanol–water partition coefficient (Wildman–Crippen LogP) is 2.07. The molecule has 0 amide bonds. The van der Waals surface area contributed by atoms with Gasteiger partial charge in [0.25, 0.3) is 0 Å². The Balaban J connectivity index is 2.19. The molecule has 0 atom stereocenters. The number of carbonyl (C=O) groups is 1. The molecule has 0 fully saturated rings. The first-order chi connectivity index (χ1) is 7.79. The largest absolute Gasteiger partial charge is 0.464 e. The number of thiazole rings is 1. The first kappa shape index (κ1) is 10.6. The van der Waals surface area contributed by atoms with Gasteiger partial charge in [-0.25, -0.2) is 14.8 Å². The summed E-state index contributed by atoms with van der Waals surface area (Å²) in [6.07, 6.45) is 1.69. The minimum absolute atomic E-state index is 0.268. The Morgan fingerprint density at radius 2 is 2.38 bits per heavy atom. The molecule has 6 heteroatoms. The van der Waals surface area contributed by atoms with Crippen molar-refractivity contribution in [1.29, 1.82) is 0 Å². The van der Waals surface area contributed by atoms with Crippen LogP contribution in [-0.4, -0.2) is 23.0 Å². The molecule has 0 aliphatic rings. The second-order valence-electron chi connectivity index (χ2n) is 2.86. The summed E-state index contributed by atoms with van der Waals surface area (Å²) in [5.74, 6) is 0.112. The first-order valence-electron chi connectivity index (χ1n) is 4.51. The van der Waals surface area contributed by atoms with E-state index in [2.05, 4.69) is 20.0 Å². The fourth-order valence-corrected chi connectivity index (χ4v) is 1.65. The molecule has 0 aromatic carbocycles. The summed E-state index contributed by atoms with van der Waals surface area (Å²) in [6.45, 7) is 0. The van der Waals surface area contributed by atoms with Gasteiger partial charge in [0.15, 0.2) is 10.8 Å². The average Bonchev–Trinajstić information content (AvgIpc) is 2.81. The third kappa shape index (κ3) is 2.34. The second kappa shape index (κ2) is 4.71. The maximum Gasteiger partial charge on any atom is 0.356 e. The van der Waals surface area contributed by atoms with E-state index in [0.29, 0.717) is 5.82 Å². The van der Waals surface area contributed by atoms with Crippen LogP contribution in [-0.2, 0) is 4.74 Å². The molecule has 2 rings (SSSR count). The first-order valence-corrected chi connectivity index (χ1v) is 5.39. The molecule has 2 aromatic rings. The van der Waals surface area contributed by atoms with Crippen LogP contribution in [0.2, 0.25) is 0 Å². The maximum atomic E-state index is 11.2. The molecule has 0 spiro atoms. The quantitative estimate of drug-likeness (QED) is 0.825. The van der Waals surface area contributed by atoms with Gasteiger partial charge in [-0.2, -0.15) is 0 Å². The van der Waals surface area contributed by atoms with E-state index in [1.807, 2.05) is 5.38 Å². The van der Waals surface area contributed by atoms with Crippen molar-refractivity contribution in [2.75, 3.05) is 12.4 Å². The lowest BCUT2D eigenvalue weighted by Crippen LogP contribution is -2.05. The molecule has 5 nitrogen and oxygen atoms in total. The van der Waals surface area contributed by atoms with Crippen molar-refractivity contribution in [2.45, 2.75) is 0 Å². The van der Waals surface area contributed by atoms with Crippen LogP contribution in [0.3, 0.4) is 0 Å². The number of pyridine rings is 1. The third-order valence-electron chi connectivity index (χ3n) is 1.81. The third-order valence-corrected chi connectivity index (χ3v) is 2.50. The number of nitrogens with zero attached hydrogens (tertiary/aromatic N) is 2. The molecular weight excluding hydrogens is 226 g/mol. The van der Waals surface area contributed by atoms with Crippen molar-refractivity contribution in [3.63, 3.8) is 0 Å². The van der Waals surface area contributed by atoms with Crippen LogP contribution in [0.4, 0.5) is 10.9 Å². The molecule has 0 aliphatic heterocycles. The molecule has 2 heterocycles. The van der Waals surface area contributed by atoms with Crippen LogP contribution in [0.1, 0.15) is 10.5 Å². The van der Waals surface area contributed by atoms with Crippen molar-refractivity contribution in [3.05, 3.63) is 35.5 Å². The number of hydrogen-bond donors (Lipinski definition) is 1. The molecule has 0 unspecified atom stereocenters. The molecule has 2 aromatic heterocycles. The van der Waals surface area contributed by atoms with E-state index in [4.69, 9.17) is 0 Å². The highest BCUT2D eigenvalue weighted by Gasteiger charge is 2.07. The van der Waals surface area contributed by atoms with Crippen molar-refractivity contribution < 1.29 is 9.53 Å². The summed E-state index contributed by atoms with van der Waals surface area (Å²) in [6, 6.07) is 5.09. The lowest BCUT2D eigenvalue weighted by Gasteiger charge is -2.03. The number of anilines is 2. The zero-order chi connectivity index (χ0) is 11.4. The highest BCUT2D eigenvalue weighted by molar-refractivity contribution is 7.13. The van der Waals surface area contributed by atoms with Gasteiger partial charge in [0.1, 0.15) is 5.82 Å². The lowest BCUT2D eigenvalue weighted by atomic mass is 10.3. The van der Waals surface area contributed by atoms with E-state index in [1.165, 1.54) is 18.4 Å². The average molecular weight is 235 g/mol. The van der Waals surface area contributed by atoms with E-state index < -0.39 is 5.97 Å². The van der Waals surface area contributed by atoms with Gasteiger partial charge in [-0.3, -0.25) is 0 Å². The highest BCUT2D eigenvalue weighted by Crippen LogP contribution is 2.16. The summed E-state index contributed by atoms with van der Waals surface area (Å²) in [4.78, 5) is 19.4. The summed E-state index contributed by atoms with van der Waals surface area (Å²) in [7, 11) is 1.32. The molecule has 82 valence electrons. The van der Waals surface area contributed by atoms with Gasteiger partial charge in [-0.15, -0.1) is 11.3 Å². The zero-order valence-corrected chi connectivity index (χ0v) is 9.32. The van der Waals surface area contributed by atoms with E-state index in [0.717, 1.165) is 5.13 Å². The van der Waals surface area contributed by atoms with Crippen LogP contribution < -0.4 is 5.32 Å². The van der Waals surface area contributed by atoms with Crippen molar-refractivity contribution in [3.8, 4) is 0 Å². The molecule has 0 radical (unpaired) electrons. The van der Waals surface area contributed by atoms with Crippen LogP contribution in [0.15, 0.2) is 29.8 Å². The van der Waals surface area contributed by atoms with Crippen LogP contribution >= 0.6 is 11.3 Å². The van der Waals surface area contributed by atoms with Crippen LogP contribution in [0.25, 0.3) is 0 Å². The lowest BCUT2D eigenvalue weighted by molar-refractivity contribution is 0.0594. The van der Waals surface area contributed by atoms with E-state index >= 15 is 0 Å². The van der Waals surface area contributed by atoms with Crippen LogP contribution in [0.5, 0.6) is 0 Å². The second-order valence-corrected chi connectivity index (χ2v) is 3.76. The van der Waals surface area contributed by atoms with Crippen molar-refractivity contribution >= 4 is 28.3 Å². The highest BCUT2D eigenvalue weighted by atomic mass is 32.1. The Labute approximate surface area is 96.1 Å². The molecule has 0 aliphatic carbocycles.